The summed E-state index contributed by atoms with van der Waals surface area (Å²) in [5.41, 5.74) is 0.193. The lowest BCUT2D eigenvalue weighted by Crippen LogP contribution is -2.35. The summed E-state index contributed by atoms with van der Waals surface area (Å²) in [6.45, 7) is 0.274. The van der Waals surface area contributed by atoms with E-state index in [0.29, 0.717) is 0 Å². The number of rotatable bonds is 4. The van der Waals surface area contributed by atoms with Crippen molar-refractivity contribution in [1.82, 2.24) is 5.32 Å². The van der Waals surface area contributed by atoms with E-state index < -0.39 is 29.2 Å². The number of nitrogens with one attached hydrogen (secondary N) is 2. The van der Waals surface area contributed by atoms with Crippen LogP contribution < -0.4 is 10.6 Å². The summed E-state index contributed by atoms with van der Waals surface area (Å²) >= 11 is 0. The van der Waals surface area contributed by atoms with Crippen LogP contribution in [0.4, 0.5) is 28.0 Å². The normalized spacial score (nSPS) is 15.0. The number of hydrogen-bond acceptors (Lipinski definition) is 1. The molecule has 1 aliphatic carbocycles. The zero-order chi connectivity index (χ0) is 17.3. The Hall–Kier alpha value is -2.57. The first-order valence-electron chi connectivity index (χ1n) is 7.36. The molecule has 0 aromatic heterocycles. The number of carbonyl (C=O) groups is 1. The molecule has 126 valence electrons. The zero-order valence-electron chi connectivity index (χ0n) is 12.5. The lowest BCUT2D eigenvalue weighted by Gasteiger charge is -2.17. The van der Waals surface area contributed by atoms with Crippen LogP contribution in [0.3, 0.4) is 0 Å². The summed E-state index contributed by atoms with van der Waals surface area (Å²) in [4.78, 5) is 11.9. The molecule has 1 saturated carbocycles. The summed E-state index contributed by atoms with van der Waals surface area (Å²) in [5.74, 6) is -4.76. The minimum absolute atomic E-state index is 0.266. The number of hydrogen-bond donors (Lipinski definition) is 2. The molecule has 0 bridgehead atoms. The highest BCUT2D eigenvalue weighted by Crippen LogP contribution is 2.47. The fourth-order valence-corrected chi connectivity index (χ4v) is 2.56. The molecule has 3 rings (SSSR count). The van der Waals surface area contributed by atoms with E-state index in [4.69, 9.17) is 0 Å². The highest BCUT2D eigenvalue weighted by molar-refractivity contribution is 5.89. The van der Waals surface area contributed by atoms with Crippen molar-refractivity contribution in [3.05, 3.63) is 65.2 Å². The average Bonchev–Trinajstić information content (AvgIpc) is 3.35. The molecule has 0 spiro atoms. The van der Waals surface area contributed by atoms with Crippen molar-refractivity contribution in [3.63, 3.8) is 0 Å². The van der Waals surface area contributed by atoms with Crippen LogP contribution in [-0.2, 0) is 5.41 Å². The average molecular weight is 338 g/mol. The molecule has 2 N–H and O–H groups in total. The lowest BCUT2D eigenvalue weighted by molar-refractivity contribution is 0.251. The number of anilines is 1. The number of carbonyl (C=O) groups excluding carboxylic acids is 1. The van der Waals surface area contributed by atoms with Gasteiger partial charge in [-0.2, -0.15) is 0 Å². The maximum Gasteiger partial charge on any atom is 0.319 e. The number of benzene rings is 2. The van der Waals surface area contributed by atoms with Gasteiger partial charge in [-0.25, -0.2) is 22.4 Å². The first-order chi connectivity index (χ1) is 11.4. The summed E-state index contributed by atoms with van der Waals surface area (Å²) in [6.07, 6.45) is 1.66. The van der Waals surface area contributed by atoms with Crippen molar-refractivity contribution in [2.24, 2.45) is 0 Å². The van der Waals surface area contributed by atoms with E-state index in [1.54, 1.807) is 12.1 Å². The van der Waals surface area contributed by atoms with Crippen LogP contribution in [0.25, 0.3) is 0 Å². The quantitative estimate of drug-likeness (QED) is 0.640. The maximum absolute atomic E-state index is 13.5. The van der Waals surface area contributed by atoms with Gasteiger partial charge in [-0.3, -0.25) is 0 Å². The summed E-state index contributed by atoms with van der Waals surface area (Å²) < 4.78 is 52.5. The van der Waals surface area contributed by atoms with Gasteiger partial charge in [0, 0.05) is 12.0 Å². The fraction of sp³-hybridized carbons (Fsp3) is 0.235. The highest BCUT2D eigenvalue weighted by atomic mass is 19.2. The predicted molar refractivity (Wildman–Crippen MR) is 80.6 cm³/mol. The van der Waals surface area contributed by atoms with Crippen LogP contribution >= 0.6 is 0 Å². The predicted octanol–water partition coefficient (Wildman–Crippen LogP) is 4.10. The van der Waals surface area contributed by atoms with Crippen molar-refractivity contribution in [1.29, 1.82) is 0 Å². The lowest BCUT2D eigenvalue weighted by atomic mass is 9.96. The molecule has 1 aliphatic rings. The first kappa shape index (κ1) is 16.3. The number of halogens is 4. The van der Waals surface area contributed by atoms with Crippen LogP contribution in [0.1, 0.15) is 18.4 Å². The monoisotopic (exact) mass is 338 g/mol. The van der Waals surface area contributed by atoms with Crippen LogP contribution in [0, 0.1) is 23.3 Å². The van der Waals surface area contributed by atoms with Crippen molar-refractivity contribution >= 4 is 11.7 Å². The van der Waals surface area contributed by atoms with Gasteiger partial charge in [0.1, 0.15) is 5.82 Å². The molecule has 2 aromatic carbocycles. The molecule has 2 aromatic rings. The van der Waals surface area contributed by atoms with Crippen LogP contribution in [0.15, 0.2) is 36.4 Å². The Morgan fingerprint density at radius 1 is 0.958 bits per heavy atom. The van der Waals surface area contributed by atoms with E-state index >= 15 is 0 Å². The van der Waals surface area contributed by atoms with Gasteiger partial charge in [0.25, 0.3) is 0 Å². The van der Waals surface area contributed by atoms with E-state index in [1.807, 2.05) is 0 Å². The maximum atomic E-state index is 13.5. The van der Waals surface area contributed by atoms with E-state index in [9.17, 15) is 22.4 Å². The third-order valence-corrected chi connectivity index (χ3v) is 4.18. The molecule has 24 heavy (non-hydrogen) atoms. The second-order valence-corrected chi connectivity index (χ2v) is 5.82. The minimum atomic E-state index is -1.64. The molecule has 0 radical (unpaired) electrons. The first-order valence-corrected chi connectivity index (χ1v) is 7.36. The van der Waals surface area contributed by atoms with Crippen LogP contribution in [0.2, 0.25) is 0 Å². The summed E-state index contributed by atoms with van der Waals surface area (Å²) in [5, 5.41) is 4.73. The summed E-state index contributed by atoms with van der Waals surface area (Å²) in [7, 11) is 0. The third-order valence-electron chi connectivity index (χ3n) is 4.18. The largest absolute Gasteiger partial charge is 0.337 e. The molecule has 0 saturated heterocycles. The van der Waals surface area contributed by atoms with Gasteiger partial charge in [0.15, 0.2) is 17.5 Å². The SMILES string of the molecule is O=C(NCC1(c2ccc(F)cc2)CC1)Nc1ccc(F)c(F)c1F. The Morgan fingerprint density at radius 2 is 1.62 bits per heavy atom. The molecule has 0 unspecified atom stereocenters. The molecule has 1 fully saturated rings. The summed E-state index contributed by atoms with van der Waals surface area (Å²) in [6, 6.07) is 6.98. The molecular weight excluding hydrogens is 324 g/mol. The van der Waals surface area contributed by atoms with Gasteiger partial charge in [-0.1, -0.05) is 12.1 Å². The van der Waals surface area contributed by atoms with Crippen molar-refractivity contribution in [2.45, 2.75) is 18.3 Å². The fourth-order valence-electron chi connectivity index (χ4n) is 2.56. The zero-order valence-corrected chi connectivity index (χ0v) is 12.5. The van der Waals surface area contributed by atoms with Gasteiger partial charge in [-0.15, -0.1) is 0 Å². The van der Waals surface area contributed by atoms with E-state index in [2.05, 4.69) is 10.6 Å². The van der Waals surface area contributed by atoms with Gasteiger partial charge in [0.05, 0.1) is 5.69 Å². The Balaban J connectivity index is 1.62. The second-order valence-electron chi connectivity index (χ2n) is 5.82. The second kappa shape index (κ2) is 6.14. The van der Waals surface area contributed by atoms with Gasteiger partial charge >= 0.3 is 6.03 Å². The van der Waals surface area contributed by atoms with E-state index in [1.165, 1.54) is 12.1 Å². The Bertz CT molecular complexity index is 773. The molecule has 0 atom stereocenters. The van der Waals surface area contributed by atoms with Crippen LogP contribution in [-0.4, -0.2) is 12.6 Å². The molecule has 0 heterocycles. The topological polar surface area (TPSA) is 41.1 Å². The van der Waals surface area contributed by atoms with Gasteiger partial charge in [-0.05, 0) is 42.7 Å². The Labute approximate surface area is 135 Å². The molecule has 7 heteroatoms. The number of amides is 2. The molecule has 0 aliphatic heterocycles. The third kappa shape index (κ3) is 3.20. The molecular formula is C17H14F4N2O. The smallest absolute Gasteiger partial charge is 0.319 e. The van der Waals surface area contributed by atoms with Gasteiger partial charge < -0.3 is 10.6 Å². The number of urea groups is 1. The van der Waals surface area contributed by atoms with E-state index in [-0.39, 0.29) is 17.8 Å². The molecule has 2 amide bonds. The van der Waals surface area contributed by atoms with Crippen molar-refractivity contribution in [3.8, 4) is 0 Å². The Kier molecular flexibility index (Phi) is 4.17. The van der Waals surface area contributed by atoms with Crippen LogP contribution in [0.5, 0.6) is 0 Å². The van der Waals surface area contributed by atoms with E-state index in [0.717, 1.165) is 30.5 Å². The Morgan fingerprint density at radius 3 is 2.25 bits per heavy atom. The standard InChI is InChI=1S/C17H14F4N2O/c18-11-3-1-10(2-4-11)17(7-8-17)9-22-16(24)23-13-6-5-12(19)14(20)15(13)21/h1-6H,7-9H2,(H2,22,23,24). The van der Waals surface area contributed by atoms with Crippen molar-refractivity contribution < 1.29 is 22.4 Å². The highest BCUT2D eigenvalue weighted by Gasteiger charge is 2.44. The van der Waals surface area contributed by atoms with Crippen molar-refractivity contribution in [2.75, 3.05) is 11.9 Å². The molecule has 3 nitrogen and oxygen atoms in total. The minimum Gasteiger partial charge on any atom is -0.337 e. The van der Waals surface area contributed by atoms with Gasteiger partial charge in [0.2, 0.25) is 0 Å².